The number of ether oxygens (including phenoxy) is 2. The Morgan fingerprint density at radius 2 is 1.75 bits per heavy atom. The topological polar surface area (TPSA) is 57.2 Å². The third kappa shape index (κ3) is 4.28. The van der Waals surface area contributed by atoms with Gasteiger partial charge >= 0.3 is 13.2 Å². The van der Waals surface area contributed by atoms with Crippen LogP contribution in [-0.4, -0.2) is 54.1 Å². The van der Waals surface area contributed by atoms with Gasteiger partial charge in [0.05, 0.1) is 24.3 Å². The molecular weight excluding hydrogens is 364 g/mol. The number of hydrogen-bond acceptors (Lipinski definition) is 5. The second-order valence-electron chi connectivity index (χ2n) is 9.40. The van der Waals surface area contributed by atoms with Crippen molar-refractivity contribution in [2.75, 3.05) is 13.1 Å². The second kappa shape index (κ2) is 6.92. The van der Waals surface area contributed by atoms with Gasteiger partial charge in [0.25, 0.3) is 0 Å². The Labute approximate surface area is 166 Å². The van der Waals surface area contributed by atoms with E-state index in [1.54, 1.807) is 17.0 Å². The van der Waals surface area contributed by atoms with Crippen molar-refractivity contribution in [2.45, 2.75) is 71.4 Å². The van der Waals surface area contributed by atoms with Gasteiger partial charge in [0.15, 0.2) is 0 Å². The first-order valence-corrected chi connectivity index (χ1v) is 9.57. The normalized spacial score (nSPS) is 21.4. The lowest BCUT2D eigenvalue weighted by atomic mass is 9.78. The smallest absolute Gasteiger partial charge is 0.487 e. The summed E-state index contributed by atoms with van der Waals surface area (Å²) in [5.41, 5.74) is -1.33. The summed E-state index contributed by atoms with van der Waals surface area (Å²) in [6, 6.07) is 4.52. The molecule has 8 heteroatoms. The van der Waals surface area contributed by atoms with Crippen molar-refractivity contribution < 1.29 is 28.0 Å². The summed E-state index contributed by atoms with van der Waals surface area (Å²) in [6.07, 6.45) is -0.520. The number of benzene rings is 1. The highest BCUT2D eigenvalue weighted by Gasteiger charge is 2.52. The van der Waals surface area contributed by atoms with E-state index in [2.05, 4.69) is 0 Å². The van der Waals surface area contributed by atoms with E-state index in [1.807, 2.05) is 48.5 Å². The third-order valence-electron chi connectivity index (χ3n) is 5.28. The maximum absolute atomic E-state index is 14.4. The van der Waals surface area contributed by atoms with Crippen LogP contribution in [0, 0.1) is 5.82 Å². The zero-order valence-electron chi connectivity index (χ0n) is 17.7. The molecule has 0 atom stereocenters. The number of carbonyl (C=O) groups is 1. The van der Waals surface area contributed by atoms with E-state index in [9.17, 15) is 9.18 Å². The van der Waals surface area contributed by atoms with E-state index in [0.29, 0.717) is 24.3 Å². The van der Waals surface area contributed by atoms with Crippen LogP contribution in [0.15, 0.2) is 18.2 Å². The fourth-order valence-electron chi connectivity index (χ4n) is 2.93. The first kappa shape index (κ1) is 20.9. The maximum atomic E-state index is 14.4. The first-order chi connectivity index (χ1) is 12.8. The van der Waals surface area contributed by atoms with Crippen molar-refractivity contribution in [3.8, 4) is 5.75 Å². The molecule has 2 aliphatic rings. The fourth-order valence-corrected chi connectivity index (χ4v) is 2.93. The number of rotatable bonds is 3. The molecule has 1 amide bonds. The molecule has 28 heavy (non-hydrogen) atoms. The molecule has 154 valence electrons. The standard InChI is InChI=1S/C20H29BFNO5/c1-18(2,3)26-17(24)23-11-14(12-23)25-13-8-9-16(22)15(10-13)21-27-19(4,5)20(6,7)28-21/h8-10,14H,11-12H2,1-7H3. The highest BCUT2D eigenvalue weighted by atomic mass is 19.1. The van der Waals surface area contributed by atoms with E-state index in [4.69, 9.17) is 18.8 Å². The van der Waals surface area contributed by atoms with Crippen molar-refractivity contribution in [1.29, 1.82) is 0 Å². The monoisotopic (exact) mass is 393 g/mol. The van der Waals surface area contributed by atoms with Crippen molar-refractivity contribution >= 4 is 18.7 Å². The predicted octanol–water partition coefficient (Wildman–Crippen LogP) is 3.12. The van der Waals surface area contributed by atoms with Gasteiger partial charge in [-0.3, -0.25) is 0 Å². The van der Waals surface area contributed by atoms with Crippen LogP contribution in [0.2, 0.25) is 0 Å². The third-order valence-corrected chi connectivity index (χ3v) is 5.28. The molecule has 0 saturated carbocycles. The van der Waals surface area contributed by atoms with Crippen molar-refractivity contribution in [1.82, 2.24) is 4.90 Å². The van der Waals surface area contributed by atoms with Gasteiger partial charge in [-0.2, -0.15) is 0 Å². The molecule has 0 unspecified atom stereocenters. The highest BCUT2D eigenvalue weighted by Crippen LogP contribution is 2.37. The zero-order valence-corrected chi connectivity index (χ0v) is 17.7. The van der Waals surface area contributed by atoms with Gasteiger partial charge in [0.1, 0.15) is 23.3 Å². The van der Waals surface area contributed by atoms with E-state index >= 15 is 0 Å². The SMILES string of the molecule is CC(C)(C)OC(=O)N1CC(Oc2ccc(F)c(B3OC(C)(C)C(C)(C)O3)c2)C1. The first-order valence-electron chi connectivity index (χ1n) is 9.57. The molecule has 1 aromatic rings. The van der Waals surface area contributed by atoms with Gasteiger partial charge < -0.3 is 23.7 Å². The molecule has 3 rings (SSSR count). The fraction of sp³-hybridized carbons (Fsp3) is 0.650. The second-order valence-corrected chi connectivity index (χ2v) is 9.40. The zero-order chi connectivity index (χ0) is 20.9. The van der Waals surface area contributed by atoms with E-state index < -0.39 is 29.7 Å². The maximum Gasteiger partial charge on any atom is 0.497 e. The lowest BCUT2D eigenvalue weighted by Gasteiger charge is -2.39. The molecule has 2 saturated heterocycles. The Morgan fingerprint density at radius 3 is 2.29 bits per heavy atom. The highest BCUT2D eigenvalue weighted by molar-refractivity contribution is 6.62. The minimum atomic E-state index is -0.798. The molecule has 0 spiro atoms. The molecule has 0 N–H and O–H groups in total. The summed E-state index contributed by atoms with van der Waals surface area (Å²) in [5, 5.41) is 0. The number of hydrogen-bond donors (Lipinski definition) is 0. The minimum Gasteiger partial charge on any atom is -0.487 e. The molecule has 0 bridgehead atoms. The van der Waals surface area contributed by atoms with Gasteiger partial charge in [-0.25, -0.2) is 9.18 Å². The molecule has 1 aromatic carbocycles. The van der Waals surface area contributed by atoms with Crippen LogP contribution in [0.1, 0.15) is 48.5 Å². The molecule has 2 fully saturated rings. The molecule has 2 aliphatic heterocycles. The summed E-state index contributed by atoms with van der Waals surface area (Å²) in [7, 11) is -0.798. The van der Waals surface area contributed by atoms with Crippen molar-refractivity contribution in [3.63, 3.8) is 0 Å². The molecule has 0 aromatic heterocycles. The van der Waals surface area contributed by atoms with Gasteiger partial charge in [-0.1, -0.05) is 0 Å². The number of amides is 1. The van der Waals surface area contributed by atoms with Gasteiger partial charge in [-0.05, 0) is 66.7 Å². The van der Waals surface area contributed by atoms with Crippen LogP contribution in [-0.2, 0) is 14.0 Å². The van der Waals surface area contributed by atoms with Crippen LogP contribution in [0.5, 0.6) is 5.75 Å². The number of halogens is 1. The number of nitrogens with zero attached hydrogens (tertiary/aromatic N) is 1. The Balaban J connectivity index is 1.62. The van der Waals surface area contributed by atoms with Gasteiger partial charge in [-0.15, -0.1) is 0 Å². The van der Waals surface area contributed by atoms with Crippen LogP contribution in [0.4, 0.5) is 9.18 Å². The van der Waals surface area contributed by atoms with E-state index in [-0.39, 0.29) is 12.2 Å². The molecule has 6 nitrogen and oxygen atoms in total. The van der Waals surface area contributed by atoms with E-state index in [0.717, 1.165) is 0 Å². The van der Waals surface area contributed by atoms with Crippen LogP contribution in [0.25, 0.3) is 0 Å². The lowest BCUT2D eigenvalue weighted by molar-refractivity contribution is -0.0221. The Morgan fingerprint density at radius 1 is 1.18 bits per heavy atom. The van der Waals surface area contributed by atoms with Crippen LogP contribution < -0.4 is 10.2 Å². The Hall–Kier alpha value is -1.80. The largest absolute Gasteiger partial charge is 0.497 e. The summed E-state index contributed by atoms with van der Waals surface area (Å²) in [6.45, 7) is 14.0. The average molecular weight is 393 g/mol. The van der Waals surface area contributed by atoms with Gasteiger partial charge in [0.2, 0.25) is 0 Å². The summed E-state index contributed by atoms with van der Waals surface area (Å²) in [4.78, 5) is 13.6. The summed E-state index contributed by atoms with van der Waals surface area (Å²) >= 11 is 0. The Bertz CT molecular complexity index is 739. The van der Waals surface area contributed by atoms with Gasteiger partial charge in [0, 0.05) is 5.46 Å². The van der Waals surface area contributed by atoms with Crippen LogP contribution in [0.3, 0.4) is 0 Å². The molecule has 2 heterocycles. The minimum absolute atomic E-state index is 0.163. The van der Waals surface area contributed by atoms with Crippen molar-refractivity contribution in [3.05, 3.63) is 24.0 Å². The quantitative estimate of drug-likeness (QED) is 0.739. The number of carbonyl (C=O) groups excluding carboxylic acids is 1. The predicted molar refractivity (Wildman–Crippen MR) is 104 cm³/mol. The lowest BCUT2D eigenvalue weighted by Crippen LogP contribution is -2.57. The summed E-state index contributed by atoms with van der Waals surface area (Å²) in [5.74, 6) is 0.106. The Kier molecular flexibility index (Phi) is 5.17. The average Bonchev–Trinajstić information content (AvgIpc) is 2.70. The molecule has 0 aliphatic carbocycles. The van der Waals surface area contributed by atoms with E-state index in [1.165, 1.54) is 6.07 Å². The molecule has 0 radical (unpaired) electrons. The summed E-state index contributed by atoms with van der Waals surface area (Å²) < 4.78 is 37.5. The van der Waals surface area contributed by atoms with Crippen LogP contribution >= 0.6 is 0 Å². The molecular formula is C20H29BFNO5. The van der Waals surface area contributed by atoms with Crippen molar-refractivity contribution in [2.24, 2.45) is 0 Å². The number of likely N-dealkylation sites (tertiary alicyclic amines) is 1.